The fourth-order valence-electron chi connectivity index (χ4n) is 3.13. The highest BCUT2D eigenvalue weighted by Crippen LogP contribution is 2.33. The second kappa shape index (κ2) is 8.57. The van der Waals surface area contributed by atoms with Crippen molar-refractivity contribution in [3.8, 4) is 11.5 Å². The molecule has 0 saturated heterocycles. The molecule has 0 spiro atoms. The molecule has 152 valence electrons. The maximum Gasteiger partial charge on any atom is 0.278 e. The molecule has 2 aromatic carbocycles. The van der Waals surface area contributed by atoms with Gasteiger partial charge in [0.15, 0.2) is 0 Å². The van der Waals surface area contributed by atoms with Gasteiger partial charge in [0.25, 0.3) is 11.8 Å². The quantitative estimate of drug-likeness (QED) is 0.687. The highest BCUT2D eigenvalue weighted by atomic mass is 35.5. The summed E-state index contributed by atoms with van der Waals surface area (Å²) in [6.45, 7) is 4.25. The van der Waals surface area contributed by atoms with Crippen molar-refractivity contribution in [2.75, 3.05) is 26.1 Å². The van der Waals surface area contributed by atoms with E-state index in [-0.39, 0.29) is 23.4 Å². The van der Waals surface area contributed by atoms with Crippen LogP contribution in [0.1, 0.15) is 19.4 Å². The summed E-state index contributed by atoms with van der Waals surface area (Å²) in [6.07, 6.45) is 0. The topological polar surface area (TPSA) is 67.9 Å². The number of rotatable bonds is 7. The molecule has 1 N–H and O–H groups in total. The summed E-state index contributed by atoms with van der Waals surface area (Å²) < 4.78 is 10.6. The largest absolute Gasteiger partial charge is 0.497 e. The third-order valence-corrected chi connectivity index (χ3v) is 4.72. The van der Waals surface area contributed by atoms with Crippen LogP contribution in [0, 0.1) is 5.92 Å². The Kier molecular flexibility index (Phi) is 6.13. The summed E-state index contributed by atoms with van der Waals surface area (Å²) in [4.78, 5) is 27.5. The van der Waals surface area contributed by atoms with Crippen molar-refractivity contribution in [2.24, 2.45) is 5.92 Å². The molecule has 0 aliphatic carbocycles. The van der Waals surface area contributed by atoms with E-state index in [9.17, 15) is 9.59 Å². The molecule has 1 heterocycles. The van der Waals surface area contributed by atoms with Crippen LogP contribution in [0.25, 0.3) is 5.57 Å². The fourth-order valence-corrected chi connectivity index (χ4v) is 3.26. The first kappa shape index (κ1) is 20.7. The number of hydrogen-bond acceptors (Lipinski definition) is 5. The second-order valence-corrected chi connectivity index (χ2v) is 7.53. The lowest BCUT2D eigenvalue weighted by molar-refractivity contribution is -0.137. The highest BCUT2D eigenvalue weighted by molar-refractivity contribution is 6.37. The average molecular weight is 415 g/mol. The number of carbonyl (C=O) groups excluding carboxylic acids is 2. The Balaban J connectivity index is 2.08. The number of anilines is 1. The third-order valence-electron chi connectivity index (χ3n) is 4.47. The zero-order valence-electron chi connectivity index (χ0n) is 16.8. The van der Waals surface area contributed by atoms with Gasteiger partial charge in [-0.1, -0.05) is 37.6 Å². The second-order valence-electron chi connectivity index (χ2n) is 7.10. The molecule has 0 atom stereocenters. The molecule has 0 saturated carbocycles. The number of ether oxygens (including phenoxy) is 2. The third kappa shape index (κ3) is 4.38. The Morgan fingerprint density at radius 3 is 2.07 bits per heavy atom. The molecule has 29 heavy (non-hydrogen) atoms. The zero-order chi connectivity index (χ0) is 21.1. The number of methoxy groups -OCH3 is 2. The Hall–Kier alpha value is -2.99. The van der Waals surface area contributed by atoms with Crippen LogP contribution < -0.4 is 14.8 Å². The van der Waals surface area contributed by atoms with Crippen molar-refractivity contribution in [1.82, 2.24) is 4.90 Å². The van der Waals surface area contributed by atoms with Gasteiger partial charge in [0, 0.05) is 35.5 Å². The van der Waals surface area contributed by atoms with Gasteiger partial charge in [0.1, 0.15) is 17.2 Å². The van der Waals surface area contributed by atoms with Crippen LogP contribution in [0.4, 0.5) is 5.69 Å². The van der Waals surface area contributed by atoms with E-state index >= 15 is 0 Å². The van der Waals surface area contributed by atoms with Crippen LogP contribution in [-0.4, -0.2) is 37.5 Å². The van der Waals surface area contributed by atoms with E-state index in [2.05, 4.69) is 5.32 Å². The monoisotopic (exact) mass is 414 g/mol. The van der Waals surface area contributed by atoms with Gasteiger partial charge in [-0.25, -0.2) is 0 Å². The van der Waals surface area contributed by atoms with Crippen LogP contribution in [0.15, 0.2) is 48.2 Å². The van der Waals surface area contributed by atoms with Crippen molar-refractivity contribution in [3.63, 3.8) is 0 Å². The van der Waals surface area contributed by atoms with Crippen LogP contribution in [-0.2, 0) is 9.59 Å². The van der Waals surface area contributed by atoms with Crippen molar-refractivity contribution >= 4 is 34.7 Å². The number of halogens is 1. The van der Waals surface area contributed by atoms with E-state index in [0.29, 0.717) is 39.9 Å². The van der Waals surface area contributed by atoms with E-state index < -0.39 is 0 Å². The van der Waals surface area contributed by atoms with Crippen LogP contribution >= 0.6 is 11.6 Å². The molecule has 7 heteroatoms. The van der Waals surface area contributed by atoms with Crippen LogP contribution in [0.2, 0.25) is 5.02 Å². The molecule has 6 nitrogen and oxygen atoms in total. The predicted molar refractivity (Wildman–Crippen MR) is 113 cm³/mol. The van der Waals surface area contributed by atoms with Gasteiger partial charge >= 0.3 is 0 Å². The molecule has 0 unspecified atom stereocenters. The van der Waals surface area contributed by atoms with Gasteiger partial charge in [0.05, 0.1) is 19.8 Å². The van der Waals surface area contributed by atoms with E-state index in [1.54, 1.807) is 56.7 Å². The molecule has 2 aromatic rings. The molecule has 1 aliphatic heterocycles. The van der Waals surface area contributed by atoms with Gasteiger partial charge in [-0.05, 0) is 23.6 Å². The van der Waals surface area contributed by atoms with E-state index in [4.69, 9.17) is 21.1 Å². The molecule has 0 radical (unpaired) electrons. The first-order valence-corrected chi connectivity index (χ1v) is 9.58. The van der Waals surface area contributed by atoms with Crippen molar-refractivity contribution in [3.05, 3.63) is 58.7 Å². The smallest absolute Gasteiger partial charge is 0.278 e. The number of imide groups is 1. The maximum absolute atomic E-state index is 13.1. The number of hydrogen-bond donors (Lipinski definition) is 1. The van der Waals surface area contributed by atoms with Crippen molar-refractivity contribution in [1.29, 1.82) is 0 Å². The van der Waals surface area contributed by atoms with Gasteiger partial charge < -0.3 is 14.8 Å². The Bertz CT molecular complexity index is 945. The zero-order valence-corrected chi connectivity index (χ0v) is 17.5. The number of carbonyl (C=O) groups is 2. The van der Waals surface area contributed by atoms with Crippen molar-refractivity contribution in [2.45, 2.75) is 13.8 Å². The SMILES string of the molecule is COc1cc(NC2=C(c3ccc(Cl)cc3)C(=O)N(CC(C)C)C2=O)cc(OC)c1. The number of nitrogens with zero attached hydrogens (tertiary/aromatic N) is 1. The molecular weight excluding hydrogens is 392 g/mol. The lowest BCUT2D eigenvalue weighted by Gasteiger charge is -2.17. The molecule has 2 amide bonds. The summed E-state index contributed by atoms with van der Waals surface area (Å²) in [5.74, 6) is 0.581. The highest BCUT2D eigenvalue weighted by Gasteiger charge is 2.39. The Morgan fingerprint density at radius 1 is 0.966 bits per heavy atom. The summed E-state index contributed by atoms with van der Waals surface area (Å²) in [5, 5.41) is 3.66. The van der Waals surface area contributed by atoms with Gasteiger partial charge in [-0.3, -0.25) is 14.5 Å². The molecular formula is C22H23ClN2O4. The van der Waals surface area contributed by atoms with Gasteiger partial charge in [-0.15, -0.1) is 0 Å². The first-order chi connectivity index (χ1) is 13.8. The average Bonchev–Trinajstić information content (AvgIpc) is 2.92. The molecule has 1 aliphatic rings. The molecule has 3 rings (SSSR count). The predicted octanol–water partition coefficient (Wildman–Crippen LogP) is 4.21. The van der Waals surface area contributed by atoms with E-state index in [1.807, 2.05) is 13.8 Å². The molecule has 0 fully saturated rings. The molecule has 0 aromatic heterocycles. The number of benzene rings is 2. The fraction of sp³-hybridized carbons (Fsp3) is 0.273. The minimum Gasteiger partial charge on any atom is -0.497 e. The lowest BCUT2D eigenvalue weighted by atomic mass is 10.0. The Labute approximate surface area is 175 Å². The van der Waals surface area contributed by atoms with E-state index in [1.165, 1.54) is 4.90 Å². The summed E-state index contributed by atoms with van der Waals surface area (Å²) >= 11 is 5.99. The standard InChI is InChI=1S/C22H23ClN2O4/c1-13(2)12-25-21(26)19(14-5-7-15(23)8-6-14)20(22(25)27)24-16-9-17(28-3)11-18(10-16)29-4/h5-11,13,24H,12H2,1-4H3. The lowest BCUT2D eigenvalue weighted by Crippen LogP contribution is -2.35. The van der Waals surface area contributed by atoms with Gasteiger partial charge in [-0.2, -0.15) is 0 Å². The van der Waals surface area contributed by atoms with Crippen molar-refractivity contribution < 1.29 is 19.1 Å². The summed E-state index contributed by atoms with van der Waals surface area (Å²) in [6, 6.07) is 12.0. The first-order valence-electron chi connectivity index (χ1n) is 9.20. The maximum atomic E-state index is 13.1. The van der Waals surface area contributed by atoms with Crippen LogP contribution in [0.3, 0.4) is 0 Å². The number of amides is 2. The Morgan fingerprint density at radius 2 is 1.55 bits per heavy atom. The van der Waals surface area contributed by atoms with Gasteiger partial charge in [0.2, 0.25) is 0 Å². The van der Waals surface area contributed by atoms with E-state index in [0.717, 1.165) is 0 Å². The normalized spacial score (nSPS) is 14.1. The minimum absolute atomic E-state index is 0.144. The number of nitrogens with one attached hydrogen (secondary N) is 1. The minimum atomic E-state index is -0.365. The summed E-state index contributed by atoms with van der Waals surface area (Å²) in [7, 11) is 3.09. The van der Waals surface area contributed by atoms with Crippen LogP contribution in [0.5, 0.6) is 11.5 Å². The summed E-state index contributed by atoms with van der Waals surface area (Å²) in [5.41, 5.74) is 1.73. The molecule has 0 bridgehead atoms.